The zero-order chi connectivity index (χ0) is 21.8. The van der Waals surface area contributed by atoms with Gasteiger partial charge in [0.05, 0.1) is 19.8 Å². The molecule has 0 saturated carbocycles. The summed E-state index contributed by atoms with van der Waals surface area (Å²) >= 11 is 0. The van der Waals surface area contributed by atoms with Gasteiger partial charge in [-0.25, -0.2) is 4.99 Å². The fourth-order valence-electron chi connectivity index (χ4n) is 3.08. The van der Waals surface area contributed by atoms with E-state index in [1.165, 1.54) is 0 Å². The number of benzene rings is 1. The van der Waals surface area contributed by atoms with Gasteiger partial charge < -0.3 is 20.1 Å². The lowest BCUT2D eigenvalue weighted by Crippen LogP contribution is -2.39. The van der Waals surface area contributed by atoms with Gasteiger partial charge in [0.2, 0.25) is 0 Å². The van der Waals surface area contributed by atoms with E-state index in [4.69, 9.17) is 9.47 Å². The van der Waals surface area contributed by atoms with E-state index in [2.05, 4.69) is 20.5 Å². The molecule has 1 aliphatic heterocycles. The van der Waals surface area contributed by atoms with Crippen molar-refractivity contribution >= 4 is 29.9 Å². The summed E-state index contributed by atoms with van der Waals surface area (Å²) in [6.07, 6.45) is -2.28. The van der Waals surface area contributed by atoms with Crippen molar-refractivity contribution in [1.29, 1.82) is 0 Å². The van der Waals surface area contributed by atoms with Gasteiger partial charge in [-0.15, -0.1) is 24.0 Å². The SMILES string of the molecule is CCNC(=NCc1ccc(C)cc1OCC(F)(F)F)NCCCCN1CCOCC1.I. The summed E-state index contributed by atoms with van der Waals surface area (Å²) in [5.41, 5.74) is 1.46. The zero-order valence-corrected chi connectivity index (χ0v) is 20.6. The van der Waals surface area contributed by atoms with Crippen LogP contribution in [0.15, 0.2) is 23.2 Å². The molecule has 0 unspecified atom stereocenters. The Bertz CT molecular complexity index is 669. The normalized spacial score (nSPS) is 15.3. The van der Waals surface area contributed by atoms with Gasteiger partial charge in [0.25, 0.3) is 0 Å². The Morgan fingerprint density at radius 2 is 1.94 bits per heavy atom. The number of morpholine rings is 1. The summed E-state index contributed by atoms with van der Waals surface area (Å²) in [4.78, 5) is 6.92. The van der Waals surface area contributed by atoms with Crippen LogP contribution in [0.5, 0.6) is 5.75 Å². The third kappa shape index (κ3) is 11.8. The second-order valence-corrected chi connectivity index (χ2v) is 7.30. The van der Waals surface area contributed by atoms with Crippen molar-refractivity contribution in [3.63, 3.8) is 0 Å². The summed E-state index contributed by atoms with van der Waals surface area (Å²) in [6, 6.07) is 5.22. The summed E-state index contributed by atoms with van der Waals surface area (Å²) in [7, 11) is 0. The second-order valence-electron chi connectivity index (χ2n) is 7.30. The van der Waals surface area contributed by atoms with Crippen LogP contribution in [0, 0.1) is 6.92 Å². The predicted molar refractivity (Wildman–Crippen MR) is 127 cm³/mol. The van der Waals surface area contributed by atoms with Crippen molar-refractivity contribution in [2.24, 2.45) is 4.99 Å². The van der Waals surface area contributed by atoms with Crippen LogP contribution < -0.4 is 15.4 Å². The van der Waals surface area contributed by atoms with Gasteiger partial charge in [0, 0.05) is 31.7 Å². The molecule has 6 nitrogen and oxygen atoms in total. The molecule has 0 aromatic heterocycles. The standard InChI is InChI=1S/C21H33F3N4O2.HI/c1-3-25-20(26-8-4-5-9-28-10-12-29-13-11-28)27-15-18-7-6-17(2)14-19(18)30-16-21(22,23)24;/h6-7,14H,3-5,8-13,15-16H2,1-2H3,(H2,25,26,27);1H. The molecule has 0 aliphatic carbocycles. The number of ether oxygens (including phenoxy) is 2. The molecule has 1 saturated heterocycles. The average Bonchev–Trinajstić information content (AvgIpc) is 2.71. The molecular formula is C21H34F3IN4O2. The Labute approximate surface area is 200 Å². The molecule has 0 amide bonds. The first-order valence-electron chi connectivity index (χ1n) is 10.5. The van der Waals surface area contributed by atoms with E-state index in [0.717, 1.165) is 57.8 Å². The van der Waals surface area contributed by atoms with E-state index in [1.807, 2.05) is 19.9 Å². The Hall–Kier alpha value is -1.27. The number of alkyl halides is 3. The quantitative estimate of drug-likeness (QED) is 0.199. The van der Waals surface area contributed by atoms with E-state index >= 15 is 0 Å². The van der Waals surface area contributed by atoms with Crippen molar-refractivity contribution < 1.29 is 22.6 Å². The third-order valence-corrected chi connectivity index (χ3v) is 4.66. The Morgan fingerprint density at radius 1 is 1.19 bits per heavy atom. The monoisotopic (exact) mass is 558 g/mol. The average molecular weight is 558 g/mol. The highest BCUT2D eigenvalue weighted by molar-refractivity contribution is 14.0. The summed E-state index contributed by atoms with van der Waals surface area (Å²) in [5.74, 6) is 0.864. The van der Waals surface area contributed by atoms with Crippen molar-refractivity contribution in [2.45, 2.75) is 39.4 Å². The number of aliphatic imine (C=N–C) groups is 1. The molecule has 0 bridgehead atoms. The number of nitrogens with one attached hydrogen (secondary N) is 2. The minimum atomic E-state index is -4.37. The number of hydrogen-bond acceptors (Lipinski definition) is 4. The molecule has 1 fully saturated rings. The number of hydrogen-bond donors (Lipinski definition) is 2. The molecule has 1 heterocycles. The first-order valence-corrected chi connectivity index (χ1v) is 10.5. The van der Waals surface area contributed by atoms with Gasteiger partial charge in [-0.3, -0.25) is 4.90 Å². The van der Waals surface area contributed by atoms with Gasteiger partial charge in [-0.2, -0.15) is 13.2 Å². The first kappa shape index (κ1) is 27.8. The molecule has 178 valence electrons. The molecule has 1 aliphatic rings. The second kappa shape index (κ2) is 14.7. The van der Waals surface area contributed by atoms with Gasteiger partial charge in [-0.05, 0) is 44.9 Å². The number of guanidine groups is 1. The number of aryl methyl sites for hydroxylation is 1. The number of rotatable bonds is 10. The summed E-state index contributed by atoms with van der Waals surface area (Å²) < 4.78 is 47.9. The first-order chi connectivity index (χ1) is 14.4. The van der Waals surface area contributed by atoms with E-state index in [9.17, 15) is 13.2 Å². The molecule has 0 spiro atoms. The molecule has 10 heteroatoms. The molecule has 1 aromatic carbocycles. The largest absolute Gasteiger partial charge is 0.484 e. The smallest absolute Gasteiger partial charge is 0.422 e. The van der Waals surface area contributed by atoms with Crippen LogP contribution in [-0.4, -0.2) is 69.6 Å². The number of unbranched alkanes of at least 4 members (excludes halogenated alkanes) is 1. The minimum Gasteiger partial charge on any atom is -0.484 e. The van der Waals surface area contributed by atoms with Crippen LogP contribution in [0.2, 0.25) is 0 Å². The van der Waals surface area contributed by atoms with Gasteiger partial charge >= 0.3 is 6.18 Å². The predicted octanol–water partition coefficient (Wildman–Crippen LogP) is 3.72. The van der Waals surface area contributed by atoms with Crippen molar-refractivity contribution in [3.05, 3.63) is 29.3 Å². The highest BCUT2D eigenvalue weighted by atomic mass is 127. The molecule has 0 atom stereocenters. The van der Waals surface area contributed by atoms with Crippen LogP contribution in [0.25, 0.3) is 0 Å². The van der Waals surface area contributed by atoms with Crippen molar-refractivity contribution in [3.8, 4) is 5.75 Å². The van der Waals surface area contributed by atoms with E-state index in [0.29, 0.717) is 18.1 Å². The lowest BCUT2D eigenvalue weighted by atomic mass is 10.1. The van der Waals surface area contributed by atoms with Crippen molar-refractivity contribution in [2.75, 3.05) is 52.5 Å². The molecule has 0 radical (unpaired) electrons. The Kier molecular flexibility index (Phi) is 13.2. The highest BCUT2D eigenvalue weighted by Crippen LogP contribution is 2.24. The van der Waals surface area contributed by atoms with E-state index in [1.54, 1.807) is 12.1 Å². The number of halogens is 4. The fraction of sp³-hybridized carbons (Fsp3) is 0.667. The van der Waals surface area contributed by atoms with Gasteiger partial charge in [0.1, 0.15) is 5.75 Å². The van der Waals surface area contributed by atoms with Gasteiger partial charge in [-0.1, -0.05) is 12.1 Å². The van der Waals surface area contributed by atoms with Crippen LogP contribution >= 0.6 is 24.0 Å². The topological polar surface area (TPSA) is 58.1 Å². The maximum absolute atomic E-state index is 12.5. The molecule has 1 aromatic rings. The lowest BCUT2D eigenvalue weighted by Gasteiger charge is -2.26. The summed E-state index contributed by atoms with van der Waals surface area (Å²) in [5, 5.41) is 6.46. The maximum Gasteiger partial charge on any atom is 0.422 e. The highest BCUT2D eigenvalue weighted by Gasteiger charge is 2.28. The molecular weight excluding hydrogens is 524 g/mol. The van der Waals surface area contributed by atoms with E-state index < -0.39 is 12.8 Å². The van der Waals surface area contributed by atoms with Crippen molar-refractivity contribution in [1.82, 2.24) is 15.5 Å². The lowest BCUT2D eigenvalue weighted by molar-refractivity contribution is -0.153. The van der Waals surface area contributed by atoms with Crippen LogP contribution in [0.1, 0.15) is 30.9 Å². The number of nitrogens with zero attached hydrogens (tertiary/aromatic N) is 2. The Morgan fingerprint density at radius 3 is 2.61 bits per heavy atom. The Balaban J connectivity index is 0.00000480. The molecule has 31 heavy (non-hydrogen) atoms. The summed E-state index contributed by atoms with van der Waals surface area (Å²) in [6.45, 7) is 8.85. The fourth-order valence-corrected chi connectivity index (χ4v) is 3.08. The molecule has 2 N–H and O–H groups in total. The zero-order valence-electron chi connectivity index (χ0n) is 18.3. The molecule has 2 rings (SSSR count). The minimum absolute atomic E-state index is 0. The van der Waals surface area contributed by atoms with Gasteiger partial charge in [0.15, 0.2) is 12.6 Å². The van der Waals surface area contributed by atoms with Crippen LogP contribution in [0.4, 0.5) is 13.2 Å². The third-order valence-electron chi connectivity index (χ3n) is 4.66. The van der Waals surface area contributed by atoms with E-state index in [-0.39, 0.29) is 36.3 Å². The van der Waals surface area contributed by atoms with Crippen LogP contribution in [-0.2, 0) is 11.3 Å². The maximum atomic E-state index is 12.5. The van der Waals surface area contributed by atoms with Crippen LogP contribution in [0.3, 0.4) is 0 Å².